The van der Waals surface area contributed by atoms with Crippen LogP contribution in [0.1, 0.15) is 20.3 Å². The molecule has 3 rings (SSSR count). The molecule has 2 heterocycles. The van der Waals surface area contributed by atoms with Crippen LogP contribution in [0.5, 0.6) is 0 Å². The van der Waals surface area contributed by atoms with Gasteiger partial charge in [0.25, 0.3) is 0 Å². The summed E-state index contributed by atoms with van der Waals surface area (Å²) in [5.74, 6) is 0.429. The number of benzene rings is 1. The Kier molecular flexibility index (Phi) is 4.23. The van der Waals surface area contributed by atoms with Crippen molar-refractivity contribution in [2.75, 3.05) is 12.4 Å². The summed E-state index contributed by atoms with van der Waals surface area (Å²) in [4.78, 5) is 0. The third-order valence-corrected chi connectivity index (χ3v) is 4.13. The van der Waals surface area contributed by atoms with Gasteiger partial charge in [0.1, 0.15) is 0 Å². The quantitative estimate of drug-likeness (QED) is 0.790. The molecule has 1 atom stereocenters. The third kappa shape index (κ3) is 3.61. The molecule has 0 bridgehead atoms. The van der Waals surface area contributed by atoms with Gasteiger partial charge in [-0.05, 0) is 42.8 Å². The van der Waals surface area contributed by atoms with E-state index in [-0.39, 0.29) is 6.10 Å². The lowest BCUT2D eigenvalue weighted by molar-refractivity contribution is -0.138. The molecule has 0 aliphatic carbocycles. The van der Waals surface area contributed by atoms with E-state index in [1.807, 2.05) is 44.2 Å². The smallest absolute Gasteiger partial charge is 0.214 e. The molecular weight excluding hydrogens is 288 g/mol. The van der Waals surface area contributed by atoms with Crippen LogP contribution >= 0.6 is 11.8 Å². The molecule has 112 valence electrons. The van der Waals surface area contributed by atoms with Crippen LogP contribution in [0.15, 0.2) is 35.5 Å². The number of aromatic nitrogens is 4. The number of para-hydroxylation sites is 1. The molecule has 0 saturated carbocycles. The molecule has 0 N–H and O–H groups in total. The standard InChI is InChI=1S/C14H18N4O2S/c1-14(2)19-10-12(20-14)8-9-21-13-15-16-17-18(13)11-6-4-3-5-7-11/h3-7,12H,8-10H2,1-2H3. The van der Waals surface area contributed by atoms with Crippen LogP contribution in [0, 0.1) is 0 Å². The molecule has 1 saturated heterocycles. The van der Waals surface area contributed by atoms with Gasteiger partial charge in [-0.2, -0.15) is 4.68 Å². The second-order valence-corrected chi connectivity index (χ2v) is 6.36. The van der Waals surface area contributed by atoms with Crippen molar-refractivity contribution in [1.29, 1.82) is 0 Å². The molecule has 21 heavy (non-hydrogen) atoms. The van der Waals surface area contributed by atoms with Gasteiger partial charge in [-0.25, -0.2) is 0 Å². The average molecular weight is 306 g/mol. The lowest BCUT2D eigenvalue weighted by atomic mass is 10.3. The number of hydrogen-bond donors (Lipinski definition) is 0. The first-order chi connectivity index (χ1) is 10.1. The van der Waals surface area contributed by atoms with Gasteiger partial charge in [0.05, 0.1) is 18.4 Å². The molecule has 1 aliphatic rings. The van der Waals surface area contributed by atoms with E-state index in [0.717, 1.165) is 23.0 Å². The van der Waals surface area contributed by atoms with Crippen molar-refractivity contribution >= 4 is 11.8 Å². The van der Waals surface area contributed by atoms with Gasteiger partial charge in [-0.1, -0.05) is 30.0 Å². The van der Waals surface area contributed by atoms with Crippen molar-refractivity contribution in [3.8, 4) is 5.69 Å². The van der Waals surface area contributed by atoms with Crippen molar-refractivity contribution in [1.82, 2.24) is 20.2 Å². The van der Waals surface area contributed by atoms with Crippen LogP contribution in [0.3, 0.4) is 0 Å². The van der Waals surface area contributed by atoms with E-state index in [0.29, 0.717) is 6.61 Å². The molecule has 0 spiro atoms. The molecule has 1 aromatic heterocycles. The molecule has 1 aliphatic heterocycles. The topological polar surface area (TPSA) is 62.1 Å². The number of rotatable bonds is 5. The molecular formula is C14H18N4O2S. The van der Waals surface area contributed by atoms with Gasteiger partial charge in [-0.3, -0.25) is 0 Å². The van der Waals surface area contributed by atoms with E-state index in [1.165, 1.54) is 0 Å². The van der Waals surface area contributed by atoms with E-state index < -0.39 is 5.79 Å². The summed E-state index contributed by atoms with van der Waals surface area (Å²) >= 11 is 1.63. The number of thioether (sulfide) groups is 1. The van der Waals surface area contributed by atoms with Gasteiger partial charge in [-0.15, -0.1) is 5.10 Å². The van der Waals surface area contributed by atoms with Gasteiger partial charge in [0, 0.05) is 5.75 Å². The molecule has 0 amide bonds. The maximum absolute atomic E-state index is 5.79. The van der Waals surface area contributed by atoms with Crippen molar-refractivity contribution in [2.24, 2.45) is 0 Å². The van der Waals surface area contributed by atoms with Crippen molar-refractivity contribution < 1.29 is 9.47 Å². The van der Waals surface area contributed by atoms with E-state index in [9.17, 15) is 0 Å². The van der Waals surface area contributed by atoms with E-state index >= 15 is 0 Å². The van der Waals surface area contributed by atoms with Gasteiger partial charge in [0.2, 0.25) is 5.16 Å². The Labute approximate surface area is 127 Å². The van der Waals surface area contributed by atoms with E-state index in [4.69, 9.17) is 9.47 Å². The number of ether oxygens (including phenoxy) is 2. The predicted molar refractivity (Wildman–Crippen MR) is 79.4 cm³/mol. The minimum absolute atomic E-state index is 0.147. The molecule has 7 heteroatoms. The Morgan fingerprint density at radius 1 is 1.33 bits per heavy atom. The van der Waals surface area contributed by atoms with Crippen LogP contribution in [0.25, 0.3) is 5.69 Å². The van der Waals surface area contributed by atoms with Crippen LogP contribution < -0.4 is 0 Å². The Morgan fingerprint density at radius 2 is 2.14 bits per heavy atom. The van der Waals surface area contributed by atoms with Crippen molar-refractivity contribution in [3.05, 3.63) is 30.3 Å². The van der Waals surface area contributed by atoms with Gasteiger partial charge >= 0.3 is 0 Å². The highest BCUT2D eigenvalue weighted by Crippen LogP contribution is 2.26. The lowest BCUT2D eigenvalue weighted by Crippen LogP contribution is -2.21. The van der Waals surface area contributed by atoms with Crippen molar-refractivity contribution in [3.63, 3.8) is 0 Å². The monoisotopic (exact) mass is 306 g/mol. The fourth-order valence-corrected chi connectivity index (χ4v) is 3.11. The highest BCUT2D eigenvalue weighted by Gasteiger charge is 2.32. The first-order valence-electron chi connectivity index (χ1n) is 6.92. The SMILES string of the molecule is CC1(C)OCC(CCSc2nnnn2-c2ccccc2)O1. The second kappa shape index (κ2) is 6.13. The minimum atomic E-state index is -0.457. The summed E-state index contributed by atoms with van der Waals surface area (Å²) < 4.78 is 13.1. The summed E-state index contributed by atoms with van der Waals surface area (Å²) in [6, 6.07) is 9.88. The Hall–Kier alpha value is -1.44. The fraction of sp³-hybridized carbons (Fsp3) is 0.500. The Balaban J connectivity index is 1.56. The van der Waals surface area contributed by atoms with E-state index in [1.54, 1.807) is 16.4 Å². The molecule has 0 radical (unpaired) electrons. The van der Waals surface area contributed by atoms with Crippen LogP contribution in [0.4, 0.5) is 0 Å². The fourth-order valence-electron chi connectivity index (χ4n) is 2.19. The van der Waals surface area contributed by atoms with Crippen LogP contribution in [-0.2, 0) is 9.47 Å². The van der Waals surface area contributed by atoms with Crippen molar-refractivity contribution in [2.45, 2.75) is 37.3 Å². The zero-order valence-electron chi connectivity index (χ0n) is 12.1. The lowest BCUT2D eigenvalue weighted by Gasteiger charge is -2.16. The number of tetrazole rings is 1. The maximum atomic E-state index is 5.79. The molecule has 1 aromatic carbocycles. The largest absolute Gasteiger partial charge is 0.348 e. The summed E-state index contributed by atoms with van der Waals surface area (Å²) in [7, 11) is 0. The van der Waals surface area contributed by atoms with Gasteiger partial charge < -0.3 is 9.47 Å². The zero-order chi connectivity index (χ0) is 14.7. The summed E-state index contributed by atoms with van der Waals surface area (Å²) in [5.41, 5.74) is 0.964. The summed E-state index contributed by atoms with van der Waals surface area (Å²) in [5, 5.41) is 12.7. The Morgan fingerprint density at radius 3 is 2.86 bits per heavy atom. The number of nitrogens with zero attached hydrogens (tertiary/aromatic N) is 4. The Bertz CT molecular complexity index is 588. The summed E-state index contributed by atoms with van der Waals surface area (Å²) in [6.45, 7) is 4.53. The molecule has 1 fully saturated rings. The highest BCUT2D eigenvalue weighted by molar-refractivity contribution is 7.99. The zero-order valence-corrected chi connectivity index (χ0v) is 12.9. The second-order valence-electron chi connectivity index (χ2n) is 5.30. The van der Waals surface area contributed by atoms with E-state index in [2.05, 4.69) is 15.5 Å². The molecule has 6 nitrogen and oxygen atoms in total. The first kappa shape index (κ1) is 14.5. The average Bonchev–Trinajstić information content (AvgIpc) is 3.06. The first-order valence-corrected chi connectivity index (χ1v) is 7.91. The summed E-state index contributed by atoms with van der Waals surface area (Å²) in [6.07, 6.45) is 1.06. The third-order valence-electron chi connectivity index (χ3n) is 3.18. The molecule has 1 unspecified atom stereocenters. The highest BCUT2D eigenvalue weighted by atomic mass is 32.2. The van der Waals surface area contributed by atoms with Crippen LogP contribution in [-0.4, -0.2) is 44.5 Å². The predicted octanol–water partition coefficient (Wildman–Crippen LogP) is 2.30. The van der Waals surface area contributed by atoms with Crippen LogP contribution in [0.2, 0.25) is 0 Å². The number of hydrogen-bond acceptors (Lipinski definition) is 6. The van der Waals surface area contributed by atoms with Gasteiger partial charge in [0.15, 0.2) is 5.79 Å². The minimum Gasteiger partial charge on any atom is -0.348 e. The normalized spacial score (nSPS) is 20.8. The maximum Gasteiger partial charge on any atom is 0.214 e. The molecule has 2 aromatic rings.